The molecule has 6 heterocycles. The van der Waals surface area contributed by atoms with Gasteiger partial charge in [-0.2, -0.15) is 0 Å². The highest BCUT2D eigenvalue weighted by Gasteiger charge is 2.49. The number of aliphatic hydroxyl groups is 1. The van der Waals surface area contributed by atoms with E-state index in [1.54, 1.807) is 31.4 Å². The van der Waals surface area contributed by atoms with Crippen molar-refractivity contribution in [2.75, 3.05) is 23.7 Å². The molecule has 0 unspecified atom stereocenters. The molecule has 0 saturated carbocycles. The molecule has 1 aliphatic heterocycles. The number of fused-ring (bicyclic) bond motifs is 1. The fourth-order valence-electron chi connectivity index (χ4n) is 5.79. The van der Waals surface area contributed by atoms with E-state index in [1.165, 1.54) is 11.8 Å². The molecule has 196 valence electrons. The van der Waals surface area contributed by atoms with Gasteiger partial charge in [0.1, 0.15) is 27.6 Å². The Hall–Kier alpha value is -2.70. The molecule has 5 N–H and O–H groups in total. The van der Waals surface area contributed by atoms with Crippen LogP contribution in [0.4, 0.5) is 11.6 Å². The topological polar surface area (TPSA) is 131 Å². The second kappa shape index (κ2) is 8.40. The number of halogens is 1. The van der Waals surface area contributed by atoms with Crippen LogP contribution in [-0.4, -0.2) is 42.5 Å². The Morgan fingerprint density at radius 1 is 1.16 bits per heavy atom. The molecule has 1 saturated heterocycles. The van der Waals surface area contributed by atoms with Gasteiger partial charge in [-0.15, -0.1) is 11.3 Å². The summed E-state index contributed by atoms with van der Waals surface area (Å²) in [6.45, 7) is 5.30. The van der Waals surface area contributed by atoms with E-state index < -0.39 is 5.60 Å². The Labute approximate surface area is 232 Å². The van der Waals surface area contributed by atoms with E-state index in [0.29, 0.717) is 10.8 Å². The number of nitrogens with zero attached hydrogens (tertiary/aromatic N) is 6. The molecular formula is C26H27ClN8OS2. The van der Waals surface area contributed by atoms with Crippen molar-refractivity contribution in [2.45, 2.75) is 54.5 Å². The fraction of sp³-hybridized carbons (Fsp3) is 0.385. The lowest BCUT2D eigenvalue weighted by Crippen LogP contribution is -2.44. The Kier molecular flexibility index (Phi) is 5.38. The highest BCUT2D eigenvalue weighted by molar-refractivity contribution is 7.99. The van der Waals surface area contributed by atoms with Crippen molar-refractivity contribution < 1.29 is 5.11 Å². The molecule has 12 heteroatoms. The Morgan fingerprint density at radius 2 is 1.95 bits per heavy atom. The van der Waals surface area contributed by atoms with E-state index >= 15 is 0 Å². The zero-order chi connectivity index (χ0) is 26.4. The van der Waals surface area contributed by atoms with Crippen molar-refractivity contribution in [3.8, 4) is 0 Å². The van der Waals surface area contributed by atoms with Gasteiger partial charge in [0.25, 0.3) is 0 Å². The van der Waals surface area contributed by atoms with E-state index in [4.69, 9.17) is 38.0 Å². The summed E-state index contributed by atoms with van der Waals surface area (Å²) in [5.41, 5.74) is 15.6. The average molecular weight is 567 g/mol. The lowest BCUT2D eigenvalue weighted by atomic mass is 9.74. The van der Waals surface area contributed by atoms with Gasteiger partial charge in [0.15, 0.2) is 11.5 Å². The number of piperidine rings is 1. The molecule has 1 aliphatic carbocycles. The maximum atomic E-state index is 10.4. The van der Waals surface area contributed by atoms with Crippen LogP contribution in [0, 0.1) is 5.41 Å². The van der Waals surface area contributed by atoms with Crippen molar-refractivity contribution in [2.24, 2.45) is 11.1 Å². The highest BCUT2D eigenvalue weighted by Crippen LogP contribution is 2.53. The number of rotatable bonds is 4. The zero-order valence-electron chi connectivity index (χ0n) is 21.0. The SMILES string of the molecule is CC(C)(O)c1nc2c(s1)[C@@H](N)C1(CCN(c3nc4ccc(Sc5ccnc(N)c5Cl)c5ncc3n45)CC1)C2. The maximum Gasteiger partial charge on any atom is 0.157 e. The molecule has 1 fully saturated rings. The van der Waals surface area contributed by atoms with Gasteiger partial charge in [0, 0.05) is 35.1 Å². The van der Waals surface area contributed by atoms with Crippen molar-refractivity contribution in [1.82, 2.24) is 24.3 Å². The zero-order valence-corrected chi connectivity index (χ0v) is 23.4. The predicted octanol–water partition coefficient (Wildman–Crippen LogP) is 4.63. The third-order valence-corrected chi connectivity index (χ3v) is 11.0. The van der Waals surface area contributed by atoms with Crippen LogP contribution in [-0.2, 0) is 12.0 Å². The number of nitrogen functional groups attached to an aromatic ring is 1. The van der Waals surface area contributed by atoms with Crippen molar-refractivity contribution in [3.63, 3.8) is 0 Å². The number of anilines is 2. The Balaban J connectivity index is 1.14. The molecule has 7 rings (SSSR count). The summed E-state index contributed by atoms with van der Waals surface area (Å²) in [5.74, 6) is 1.27. The van der Waals surface area contributed by atoms with Crippen LogP contribution in [0.25, 0.3) is 16.8 Å². The summed E-state index contributed by atoms with van der Waals surface area (Å²) in [6.07, 6.45) is 6.37. The molecule has 1 spiro atoms. The van der Waals surface area contributed by atoms with E-state index in [1.807, 2.05) is 24.4 Å². The summed E-state index contributed by atoms with van der Waals surface area (Å²) in [5, 5.41) is 11.6. The molecule has 1 atom stereocenters. The van der Waals surface area contributed by atoms with Gasteiger partial charge in [0.05, 0.1) is 21.8 Å². The first-order valence-corrected chi connectivity index (χ1v) is 14.6. The van der Waals surface area contributed by atoms with E-state index in [2.05, 4.69) is 14.3 Å². The van der Waals surface area contributed by atoms with Crippen LogP contribution in [0.1, 0.15) is 48.3 Å². The number of hydrogen-bond acceptors (Lipinski definition) is 10. The van der Waals surface area contributed by atoms with Crippen LogP contribution < -0.4 is 16.4 Å². The number of thiazole rings is 1. The van der Waals surface area contributed by atoms with Crippen molar-refractivity contribution in [3.05, 3.63) is 51.2 Å². The first kappa shape index (κ1) is 24.3. The molecule has 5 aromatic heterocycles. The monoisotopic (exact) mass is 566 g/mol. The van der Waals surface area contributed by atoms with Crippen LogP contribution in [0.3, 0.4) is 0 Å². The molecular weight excluding hydrogens is 540 g/mol. The molecule has 0 bridgehead atoms. The Bertz CT molecular complexity index is 1680. The van der Waals surface area contributed by atoms with Crippen molar-refractivity contribution in [1.29, 1.82) is 0 Å². The smallest absolute Gasteiger partial charge is 0.157 e. The predicted molar refractivity (Wildman–Crippen MR) is 151 cm³/mol. The van der Waals surface area contributed by atoms with Gasteiger partial charge in [-0.1, -0.05) is 23.4 Å². The molecule has 0 radical (unpaired) electrons. The van der Waals surface area contributed by atoms with Gasteiger partial charge in [-0.05, 0) is 56.7 Å². The molecule has 9 nitrogen and oxygen atoms in total. The molecule has 5 aromatic rings. The fourth-order valence-corrected chi connectivity index (χ4v) is 8.17. The second-order valence-corrected chi connectivity index (χ2v) is 13.3. The summed E-state index contributed by atoms with van der Waals surface area (Å²) in [7, 11) is 0. The van der Waals surface area contributed by atoms with Crippen LogP contribution >= 0.6 is 34.7 Å². The summed E-state index contributed by atoms with van der Waals surface area (Å²) in [4.78, 5) is 23.9. The van der Waals surface area contributed by atoms with Gasteiger partial charge >= 0.3 is 0 Å². The van der Waals surface area contributed by atoms with Crippen LogP contribution in [0.2, 0.25) is 5.02 Å². The first-order chi connectivity index (χ1) is 18.1. The van der Waals surface area contributed by atoms with E-state index in [9.17, 15) is 5.11 Å². The summed E-state index contributed by atoms with van der Waals surface area (Å²) < 4.78 is 2.11. The number of hydrogen-bond donors (Lipinski definition) is 3. The number of imidazole rings is 2. The standard InChI is InChI=1S/C26H27ClN8OS2/c1-25(2,36)24-32-13-11-26(20(28)19(13)38-24)6-9-34(10-7-26)22-14-12-31-23-16(3-4-17(33-22)35(14)23)37-15-5-8-30-21(29)18(15)27/h3-5,8,12,20,36H,6-7,9-11,28H2,1-2H3,(H2,29,30)/t20-/m1/s1. The molecule has 0 amide bonds. The van der Waals surface area contributed by atoms with Crippen LogP contribution in [0.15, 0.2) is 40.4 Å². The lowest BCUT2D eigenvalue weighted by Gasteiger charge is -2.42. The summed E-state index contributed by atoms with van der Waals surface area (Å²) in [6, 6.07) is 5.86. The maximum absolute atomic E-state index is 10.4. The molecule has 2 aliphatic rings. The minimum absolute atomic E-state index is 0.0109. The molecule has 0 aromatic carbocycles. The third-order valence-electron chi connectivity index (χ3n) is 7.92. The van der Waals surface area contributed by atoms with Gasteiger partial charge in [-0.25, -0.2) is 19.9 Å². The molecule has 38 heavy (non-hydrogen) atoms. The highest BCUT2D eigenvalue weighted by atomic mass is 35.5. The van der Waals surface area contributed by atoms with E-state index in [0.717, 1.165) is 80.4 Å². The number of aromatic nitrogens is 5. The Morgan fingerprint density at radius 3 is 2.68 bits per heavy atom. The van der Waals surface area contributed by atoms with Gasteiger partial charge < -0.3 is 21.5 Å². The second-order valence-electron chi connectivity index (χ2n) is 10.8. The third kappa shape index (κ3) is 3.60. The number of nitrogens with two attached hydrogens (primary N) is 2. The average Bonchev–Trinajstić information content (AvgIpc) is 3.64. The van der Waals surface area contributed by atoms with Gasteiger partial charge in [0.2, 0.25) is 0 Å². The minimum Gasteiger partial charge on any atom is -0.383 e. The summed E-state index contributed by atoms with van der Waals surface area (Å²) >= 11 is 9.48. The number of pyridine rings is 2. The largest absolute Gasteiger partial charge is 0.383 e. The quantitative estimate of drug-likeness (QED) is 0.285. The minimum atomic E-state index is -0.937. The van der Waals surface area contributed by atoms with Crippen molar-refractivity contribution >= 4 is 63.1 Å². The first-order valence-electron chi connectivity index (χ1n) is 12.5. The van der Waals surface area contributed by atoms with Gasteiger partial charge in [-0.3, -0.25) is 4.40 Å². The van der Waals surface area contributed by atoms with Crippen LogP contribution in [0.5, 0.6) is 0 Å². The van der Waals surface area contributed by atoms with E-state index in [-0.39, 0.29) is 11.5 Å². The lowest BCUT2D eigenvalue weighted by molar-refractivity contribution is 0.0778. The normalized spacial score (nSPS) is 19.3.